The molecule has 0 radical (unpaired) electrons. The minimum absolute atomic E-state index is 0.691. The molecule has 5 aromatic rings. The Hall–Kier alpha value is -4.31. The van der Waals surface area contributed by atoms with Crippen LogP contribution in [0.5, 0.6) is 0 Å². The van der Waals surface area contributed by atoms with E-state index < -0.39 is 195 Å². The van der Waals surface area contributed by atoms with E-state index in [0.29, 0.717) is 0 Å². The molecule has 0 aliphatic heterocycles. The van der Waals surface area contributed by atoms with Crippen LogP contribution in [-0.4, -0.2) is 6.15 Å². The number of thiophene rings is 1. The van der Waals surface area contributed by atoms with E-state index in [0.717, 1.165) is 0 Å². The Bertz CT molecular complexity index is 1970. The molecule has 0 saturated heterocycles. The predicted molar refractivity (Wildman–Crippen MR) is 174 cm³/mol. The highest BCUT2D eigenvalue weighted by atomic mass is 127. The minimum atomic E-state index is -6.13. The molecule has 0 bridgehead atoms. The summed E-state index contributed by atoms with van der Waals surface area (Å²) < 4.78 is 342. The van der Waals surface area contributed by atoms with Crippen LogP contribution in [0.25, 0.3) is 0 Å². The number of hydrogen-bond donors (Lipinski definition) is 0. The lowest BCUT2D eigenvalue weighted by atomic mass is 9.12. The van der Waals surface area contributed by atoms with E-state index in [-0.39, 0.29) is 0 Å². The first kappa shape index (κ1) is 51.3. The first-order valence-electron chi connectivity index (χ1n) is 16.2. The predicted octanol–water partition coefficient (Wildman–Crippen LogP) is 9.42. The summed E-state index contributed by atoms with van der Waals surface area (Å²) in [6.07, 6.45) is -54.8. The van der Waals surface area contributed by atoms with E-state index in [4.69, 9.17) is 0 Å². The molecule has 0 nitrogen and oxygen atoms in total. The molecule has 1 aromatic heterocycles. The van der Waals surface area contributed by atoms with E-state index in [1.807, 2.05) is 22.6 Å². The second-order valence-electron chi connectivity index (χ2n) is 13.2. The number of benzene rings is 4. The second-order valence-corrected chi connectivity index (χ2v) is 16.2. The van der Waals surface area contributed by atoms with Gasteiger partial charge < -0.3 is 0 Å². The van der Waals surface area contributed by atoms with Crippen molar-refractivity contribution >= 4 is 39.3 Å². The van der Waals surface area contributed by atoms with Gasteiger partial charge in [-0.25, -0.2) is 0 Å². The summed E-state index contributed by atoms with van der Waals surface area (Å²) in [7, 11) is 0. The van der Waals surface area contributed by atoms with Crippen molar-refractivity contribution in [3.63, 3.8) is 0 Å². The van der Waals surface area contributed by atoms with Crippen LogP contribution >= 0.6 is 11.3 Å². The number of alkyl halides is 24. The van der Waals surface area contributed by atoms with Gasteiger partial charge in [-0.1, -0.05) is 59.9 Å². The summed E-state index contributed by atoms with van der Waals surface area (Å²) in [6, 6.07) is -4.65. The maximum Gasteiger partial charge on any atom is 0.416 e. The van der Waals surface area contributed by atoms with Gasteiger partial charge in [-0.3, -0.25) is 0 Å². The Balaban J connectivity index is 0.00000133. The Morgan fingerprint density at radius 2 is 0.476 bits per heavy atom. The van der Waals surface area contributed by atoms with Crippen molar-refractivity contribution in [3.8, 4) is 0 Å². The zero-order valence-corrected chi connectivity index (χ0v) is 32.8. The molecular weight excluding hydrogens is 1060 g/mol. The fourth-order valence-electron chi connectivity index (χ4n) is 6.33. The molecule has 27 heteroatoms. The average molecular weight is 1070 g/mol. The van der Waals surface area contributed by atoms with Crippen LogP contribution in [0.3, 0.4) is 0 Å². The summed E-state index contributed by atoms with van der Waals surface area (Å²) in [6.45, 7) is 0. The highest BCUT2D eigenvalue weighted by molar-refractivity contribution is 7.20. The van der Waals surface area contributed by atoms with Gasteiger partial charge in [0.05, 0.1) is 44.5 Å². The molecule has 5 rings (SSSR count). The molecule has 1 heterocycles. The topological polar surface area (TPSA) is 0 Å². The SMILES string of the molecule is FC(F)(F)c1cc([B-](c2cc(C(F)(F)F)cc(C(F)(F)F)c2)(c2cc(C(F)(F)F)cc(C(F)(F)F)c2)c2cc(C(F)(F)F)cc(C(F)(F)F)c2)cc(C(F)(F)F)c1.[IH+]c1cccs1. The third kappa shape index (κ3) is 11.9. The summed E-state index contributed by atoms with van der Waals surface area (Å²) in [5.41, 5.74) is -30.2. The maximum atomic E-state index is 14.2. The quantitative estimate of drug-likeness (QED) is 0.0958. The van der Waals surface area contributed by atoms with Gasteiger partial charge in [0.25, 0.3) is 0 Å². The number of rotatable bonds is 4. The molecule has 0 N–H and O–H groups in total. The molecule has 0 spiro atoms. The van der Waals surface area contributed by atoms with Crippen LogP contribution in [-0.2, 0) is 49.4 Å². The van der Waals surface area contributed by atoms with Crippen LogP contribution in [0, 0.1) is 2.88 Å². The lowest BCUT2D eigenvalue weighted by molar-refractivity contribution is -0.319. The Kier molecular flexibility index (Phi) is 13.8. The highest BCUT2D eigenvalue weighted by Crippen LogP contribution is 2.41. The van der Waals surface area contributed by atoms with E-state index >= 15 is 0 Å². The zero-order chi connectivity index (χ0) is 48.3. The van der Waals surface area contributed by atoms with Crippen LogP contribution in [0.15, 0.2) is 90.3 Å². The van der Waals surface area contributed by atoms with Gasteiger partial charge >= 0.3 is 72.0 Å². The number of halogens is 25. The zero-order valence-electron chi connectivity index (χ0n) is 29.6. The minimum Gasteiger partial charge on any atom is -0.194 e. The fourth-order valence-corrected chi connectivity index (χ4v) is 7.48. The normalized spacial score (nSPS) is 13.8. The van der Waals surface area contributed by atoms with Crippen molar-refractivity contribution in [2.45, 2.75) is 49.4 Å². The standard InChI is InChI=1S/C32H12BF24.C4H4IS/c34-25(35,36)13-1-14(26(37,38)39)6-21(5-13)33(22-7-15(27(40,41)42)2-16(8-22)28(43,44)45,23-9-17(29(46,47)48)3-18(10-23)30(49,50)51)24-11-19(31(52,53)54)4-20(12-24)32(55,56)57;5-4-2-1-3-6-4/h1-12H;1-3,5H/q-1;+1. The lowest BCUT2D eigenvalue weighted by Gasteiger charge is -2.46. The monoisotopic (exact) mass is 1070 g/mol. The van der Waals surface area contributed by atoms with Gasteiger partial charge in [-0.2, -0.15) is 127 Å². The molecule has 0 amide bonds. The summed E-state index contributed by atoms with van der Waals surface area (Å²) in [5, 5.41) is 2.08. The molecule has 4 aromatic carbocycles. The molecule has 0 unspecified atom stereocenters. The number of hydrogen-bond acceptors (Lipinski definition) is 1. The van der Waals surface area contributed by atoms with E-state index in [1.54, 1.807) is 11.3 Å². The molecule has 0 fully saturated rings. The largest absolute Gasteiger partial charge is 0.416 e. The average Bonchev–Trinajstić information content (AvgIpc) is 3.59. The van der Waals surface area contributed by atoms with Crippen molar-refractivity contribution in [1.82, 2.24) is 0 Å². The fraction of sp³-hybridized carbons (Fsp3) is 0.222. The second kappa shape index (κ2) is 16.9. The van der Waals surface area contributed by atoms with Crippen LogP contribution in [0.1, 0.15) is 44.5 Å². The maximum absolute atomic E-state index is 14.2. The van der Waals surface area contributed by atoms with Gasteiger partial charge in [0, 0.05) is 6.07 Å². The van der Waals surface area contributed by atoms with Gasteiger partial charge in [-0.15, -0.1) is 0 Å². The van der Waals surface area contributed by atoms with Crippen LogP contribution in [0.4, 0.5) is 105 Å². The van der Waals surface area contributed by atoms with Crippen LogP contribution in [0.2, 0.25) is 0 Å². The molecule has 0 saturated carbocycles. The first-order valence-corrected chi connectivity index (χ1v) is 18.3. The van der Waals surface area contributed by atoms with Crippen molar-refractivity contribution in [3.05, 3.63) is 138 Å². The summed E-state index contributed by atoms with van der Waals surface area (Å²) in [4.78, 5) is 0. The summed E-state index contributed by atoms with van der Waals surface area (Å²) in [5.74, 6) is 0. The van der Waals surface area contributed by atoms with Gasteiger partial charge in [-0.05, 0) is 35.7 Å². The van der Waals surface area contributed by atoms with E-state index in [9.17, 15) is 105 Å². The van der Waals surface area contributed by atoms with Gasteiger partial charge in [0.2, 0.25) is 2.88 Å². The van der Waals surface area contributed by atoms with Gasteiger partial charge in [0.15, 0.2) is 0 Å². The van der Waals surface area contributed by atoms with Crippen molar-refractivity contribution in [2.75, 3.05) is 0 Å². The summed E-state index contributed by atoms with van der Waals surface area (Å²) >= 11 is 3.82. The van der Waals surface area contributed by atoms with E-state index in [1.165, 1.54) is 2.88 Å². The van der Waals surface area contributed by atoms with Crippen molar-refractivity contribution in [2.24, 2.45) is 0 Å². The van der Waals surface area contributed by atoms with Crippen LogP contribution < -0.4 is 44.4 Å². The molecule has 344 valence electrons. The van der Waals surface area contributed by atoms with Gasteiger partial charge in [0.1, 0.15) is 6.15 Å². The Labute approximate surface area is 353 Å². The first-order chi connectivity index (χ1) is 28.2. The smallest absolute Gasteiger partial charge is 0.194 e. The molecular formula is C36H16BF24IS. The lowest BCUT2D eigenvalue weighted by Crippen LogP contribution is -3.33. The Morgan fingerprint density at radius 1 is 0.302 bits per heavy atom. The van der Waals surface area contributed by atoms with Crippen molar-refractivity contribution in [1.29, 1.82) is 0 Å². The Morgan fingerprint density at radius 3 is 0.571 bits per heavy atom. The van der Waals surface area contributed by atoms with E-state index in [2.05, 4.69) is 17.5 Å². The highest BCUT2D eigenvalue weighted by Gasteiger charge is 2.47. The van der Waals surface area contributed by atoms with Crippen molar-refractivity contribution < 1.29 is 128 Å². The molecule has 63 heavy (non-hydrogen) atoms. The third-order valence-electron chi connectivity index (χ3n) is 8.94. The molecule has 0 aliphatic carbocycles. The molecule has 0 atom stereocenters. The third-order valence-corrected chi connectivity index (χ3v) is 10.8. The molecule has 0 aliphatic rings.